The van der Waals surface area contributed by atoms with Crippen molar-refractivity contribution in [2.24, 2.45) is 5.92 Å². The smallest absolute Gasteiger partial charge is 0.303 e. The predicted octanol–water partition coefficient (Wildman–Crippen LogP) is 5.13. The van der Waals surface area contributed by atoms with Gasteiger partial charge in [0, 0.05) is 19.5 Å². The number of aliphatic carboxylic acids is 1. The van der Waals surface area contributed by atoms with Gasteiger partial charge in [-0.3, -0.25) is 4.79 Å². The SMILES string of the molecule is Cc1ccc2c(c1)C(=CCCN1CCC(CC(=O)O)C1)c1ccccc1CC2.Cl. The van der Waals surface area contributed by atoms with Crippen molar-refractivity contribution in [1.82, 2.24) is 4.90 Å². The molecule has 0 amide bonds. The number of carbonyl (C=O) groups is 1. The lowest BCUT2D eigenvalue weighted by Crippen LogP contribution is -2.22. The van der Waals surface area contributed by atoms with Gasteiger partial charge in [-0.2, -0.15) is 0 Å². The molecule has 1 heterocycles. The summed E-state index contributed by atoms with van der Waals surface area (Å²) < 4.78 is 0. The van der Waals surface area contributed by atoms with E-state index in [1.165, 1.54) is 33.4 Å². The number of benzene rings is 2. The van der Waals surface area contributed by atoms with Crippen LogP contribution in [0.1, 0.15) is 47.1 Å². The third-order valence-electron chi connectivity index (χ3n) is 6.15. The van der Waals surface area contributed by atoms with Gasteiger partial charge >= 0.3 is 5.97 Å². The van der Waals surface area contributed by atoms with Crippen LogP contribution in [0.2, 0.25) is 0 Å². The summed E-state index contributed by atoms with van der Waals surface area (Å²) in [4.78, 5) is 13.4. The summed E-state index contributed by atoms with van der Waals surface area (Å²) in [6.07, 6.45) is 6.90. The summed E-state index contributed by atoms with van der Waals surface area (Å²) in [7, 11) is 0. The average Bonchev–Trinajstić information content (AvgIpc) is 3.04. The summed E-state index contributed by atoms with van der Waals surface area (Å²) in [6.45, 7) is 5.11. The molecule has 0 spiro atoms. The van der Waals surface area contributed by atoms with Crippen LogP contribution in [0.3, 0.4) is 0 Å². The van der Waals surface area contributed by atoms with E-state index in [0.29, 0.717) is 12.3 Å². The van der Waals surface area contributed by atoms with Crippen LogP contribution in [0.4, 0.5) is 0 Å². The third kappa shape index (κ3) is 5.09. The zero-order valence-corrected chi connectivity index (χ0v) is 17.9. The molecule has 4 rings (SSSR count). The van der Waals surface area contributed by atoms with Crippen molar-refractivity contribution < 1.29 is 9.90 Å². The Morgan fingerprint density at radius 2 is 1.90 bits per heavy atom. The van der Waals surface area contributed by atoms with E-state index < -0.39 is 5.97 Å². The molecule has 1 unspecified atom stereocenters. The van der Waals surface area contributed by atoms with Gasteiger partial charge in [-0.1, -0.05) is 54.1 Å². The van der Waals surface area contributed by atoms with Gasteiger partial charge in [0.05, 0.1) is 0 Å². The second-order valence-corrected chi connectivity index (χ2v) is 8.28. The van der Waals surface area contributed by atoms with Crippen LogP contribution < -0.4 is 0 Å². The van der Waals surface area contributed by atoms with Crippen LogP contribution in [0.5, 0.6) is 0 Å². The lowest BCUT2D eigenvalue weighted by Gasteiger charge is -2.16. The Morgan fingerprint density at radius 3 is 2.69 bits per heavy atom. The monoisotopic (exact) mass is 411 g/mol. The molecule has 1 aliphatic heterocycles. The van der Waals surface area contributed by atoms with Gasteiger partial charge in [0.25, 0.3) is 0 Å². The normalized spacial score (nSPS) is 19.9. The summed E-state index contributed by atoms with van der Waals surface area (Å²) >= 11 is 0. The first-order valence-corrected chi connectivity index (χ1v) is 10.4. The molecule has 0 bridgehead atoms. The predicted molar refractivity (Wildman–Crippen MR) is 121 cm³/mol. The first-order chi connectivity index (χ1) is 13.6. The number of halogens is 1. The van der Waals surface area contributed by atoms with Gasteiger partial charge in [0.15, 0.2) is 0 Å². The van der Waals surface area contributed by atoms with Gasteiger partial charge in [-0.05, 0) is 72.9 Å². The fourth-order valence-electron chi connectivity index (χ4n) is 4.72. The highest BCUT2D eigenvalue weighted by atomic mass is 35.5. The maximum Gasteiger partial charge on any atom is 0.303 e. The Labute approximate surface area is 179 Å². The molecule has 3 nitrogen and oxygen atoms in total. The largest absolute Gasteiger partial charge is 0.481 e. The number of likely N-dealkylation sites (tertiary alicyclic amines) is 1. The Kier molecular flexibility index (Phi) is 7.15. The van der Waals surface area contributed by atoms with E-state index in [4.69, 9.17) is 5.11 Å². The van der Waals surface area contributed by atoms with Crippen molar-refractivity contribution in [3.05, 3.63) is 76.4 Å². The van der Waals surface area contributed by atoms with Crippen molar-refractivity contribution >= 4 is 23.9 Å². The minimum atomic E-state index is -0.670. The fourth-order valence-corrected chi connectivity index (χ4v) is 4.72. The van der Waals surface area contributed by atoms with Crippen molar-refractivity contribution in [1.29, 1.82) is 0 Å². The molecule has 0 radical (unpaired) electrons. The molecular formula is C25H30ClNO2. The summed E-state index contributed by atoms with van der Waals surface area (Å²) in [5.41, 5.74) is 8.31. The third-order valence-corrected chi connectivity index (χ3v) is 6.15. The van der Waals surface area contributed by atoms with E-state index in [0.717, 1.165) is 45.3 Å². The molecule has 29 heavy (non-hydrogen) atoms. The van der Waals surface area contributed by atoms with E-state index in [2.05, 4.69) is 60.4 Å². The van der Waals surface area contributed by atoms with Crippen molar-refractivity contribution in [2.45, 2.75) is 39.0 Å². The van der Waals surface area contributed by atoms with E-state index in [-0.39, 0.29) is 12.4 Å². The van der Waals surface area contributed by atoms with E-state index in [9.17, 15) is 4.79 Å². The molecule has 1 saturated heterocycles. The van der Waals surface area contributed by atoms with Crippen LogP contribution in [0.25, 0.3) is 5.57 Å². The van der Waals surface area contributed by atoms with Gasteiger partial charge in [-0.25, -0.2) is 0 Å². The summed E-state index contributed by atoms with van der Waals surface area (Å²) in [5.74, 6) is -0.358. The van der Waals surface area contributed by atoms with Crippen LogP contribution in [-0.2, 0) is 17.6 Å². The van der Waals surface area contributed by atoms with Crippen LogP contribution in [0.15, 0.2) is 48.5 Å². The molecule has 4 heteroatoms. The Bertz CT molecular complexity index is 905. The number of hydrogen-bond acceptors (Lipinski definition) is 2. The van der Waals surface area contributed by atoms with Gasteiger partial charge < -0.3 is 10.0 Å². The topological polar surface area (TPSA) is 40.5 Å². The first-order valence-electron chi connectivity index (χ1n) is 10.4. The molecule has 2 aromatic carbocycles. The van der Waals surface area contributed by atoms with Gasteiger partial charge in [-0.15, -0.1) is 12.4 Å². The molecule has 1 aliphatic carbocycles. The van der Waals surface area contributed by atoms with Crippen LogP contribution >= 0.6 is 12.4 Å². The fraction of sp³-hybridized carbons (Fsp3) is 0.400. The minimum Gasteiger partial charge on any atom is -0.481 e. The number of aryl methyl sites for hydroxylation is 3. The molecule has 1 N–H and O–H groups in total. The Balaban J connectivity index is 0.00000240. The van der Waals surface area contributed by atoms with E-state index in [1.807, 2.05) is 0 Å². The molecule has 154 valence electrons. The molecule has 1 atom stereocenters. The lowest BCUT2D eigenvalue weighted by molar-refractivity contribution is -0.138. The standard InChI is InChI=1S/C25H29NO2.ClH/c1-18-8-9-21-11-10-20-5-2-3-6-22(20)23(24(21)15-18)7-4-13-26-14-12-19(17-26)16-25(27)28;/h2-3,5-9,15,19H,4,10-14,16-17H2,1H3,(H,27,28);1H. The first kappa shape index (κ1) is 21.6. The highest BCUT2D eigenvalue weighted by molar-refractivity contribution is 5.85. The van der Waals surface area contributed by atoms with Crippen LogP contribution in [0, 0.1) is 12.8 Å². The zero-order valence-electron chi connectivity index (χ0n) is 17.1. The van der Waals surface area contributed by atoms with Crippen molar-refractivity contribution in [2.75, 3.05) is 19.6 Å². The summed E-state index contributed by atoms with van der Waals surface area (Å²) in [5, 5.41) is 9.01. The molecule has 2 aliphatic rings. The Morgan fingerprint density at radius 1 is 1.14 bits per heavy atom. The number of carboxylic acid groups (broad SMARTS) is 1. The van der Waals surface area contributed by atoms with Gasteiger partial charge in [0.1, 0.15) is 0 Å². The Hall–Kier alpha value is -2.10. The van der Waals surface area contributed by atoms with E-state index in [1.54, 1.807) is 0 Å². The maximum absolute atomic E-state index is 10.9. The quantitative estimate of drug-likeness (QED) is 0.741. The number of fused-ring (bicyclic) bond motifs is 2. The number of nitrogens with zero attached hydrogens (tertiary/aromatic N) is 1. The second kappa shape index (κ2) is 9.60. The maximum atomic E-state index is 10.9. The van der Waals surface area contributed by atoms with E-state index >= 15 is 0 Å². The molecule has 0 aromatic heterocycles. The molecule has 1 fully saturated rings. The minimum absolute atomic E-state index is 0. The van der Waals surface area contributed by atoms with Crippen LogP contribution in [-0.4, -0.2) is 35.6 Å². The summed E-state index contributed by atoms with van der Waals surface area (Å²) in [6, 6.07) is 15.7. The van der Waals surface area contributed by atoms with Crippen molar-refractivity contribution in [3.63, 3.8) is 0 Å². The molecule has 2 aromatic rings. The number of carboxylic acids is 1. The average molecular weight is 412 g/mol. The lowest BCUT2D eigenvalue weighted by atomic mass is 9.92. The highest BCUT2D eigenvalue weighted by Crippen LogP contribution is 2.34. The second-order valence-electron chi connectivity index (χ2n) is 8.28. The van der Waals surface area contributed by atoms with Crippen molar-refractivity contribution in [3.8, 4) is 0 Å². The van der Waals surface area contributed by atoms with Gasteiger partial charge in [0.2, 0.25) is 0 Å². The molecule has 0 saturated carbocycles. The molecular weight excluding hydrogens is 382 g/mol. The zero-order chi connectivity index (χ0) is 19.5. The number of rotatable bonds is 5. The highest BCUT2D eigenvalue weighted by Gasteiger charge is 2.24. The number of hydrogen-bond donors (Lipinski definition) is 1.